The van der Waals surface area contributed by atoms with Crippen LogP contribution in [0.1, 0.15) is 59.1 Å². The molecule has 0 bridgehead atoms. The highest BCUT2D eigenvalue weighted by molar-refractivity contribution is 7.85. The molecule has 1 saturated carbocycles. The molecule has 0 N–H and O–H groups in total. The van der Waals surface area contributed by atoms with Crippen LogP contribution in [-0.2, 0) is 28.2 Å². The van der Waals surface area contributed by atoms with Gasteiger partial charge in [-0.2, -0.15) is 0 Å². The Kier molecular flexibility index (Phi) is 11.9. The number of aryl methyl sites for hydroxylation is 4. The molecule has 296 valence electrons. The largest absolute Gasteiger partial charge is 0.466 e. The summed E-state index contributed by atoms with van der Waals surface area (Å²) in [5.41, 5.74) is 5.21. The van der Waals surface area contributed by atoms with Gasteiger partial charge in [0.1, 0.15) is 0 Å². The Hall–Kier alpha value is -5.28. The minimum absolute atomic E-state index is 0.113. The number of benzene rings is 6. The summed E-state index contributed by atoms with van der Waals surface area (Å²) in [7, 11) is -7.24. The second-order valence-electron chi connectivity index (χ2n) is 15.3. The minimum Gasteiger partial charge on any atom is -0.466 e. The number of carbonyl (C=O) groups is 2. The fraction of sp³-hybridized carbons (Fsp3) is 0.240. The van der Waals surface area contributed by atoms with Gasteiger partial charge in [0.2, 0.25) is 0 Å². The van der Waals surface area contributed by atoms with E-state index in [1.54, 1.807) is 13.8 Å². The first kappa shape index (κ1) is 40.9. The monoisotopic (exact) mass is 808 g/mol. The van der Waals surface area contributed by atoms with E-state index in [4.69, 9.17) is 9.47 Å². The van der Waals surface area contributed by atoms with Crippen LogP contribution >= 0.6 is 14.3 Å². The Balaban J connectivity index is 1.54. The lowest BCUT2D eigenvalue weighted by atomic mass is 9.52. The first-order chi connectivity index (χ1) is 27.9. The highest BCUT2D eigenvalue weighted by atomic mass is 31.2. The Morgan fingerprint density at radius 3 is 1.02 bits per heavy atom. The lowest BCUT2D eigenvalue weighted by molar-refractivity contribution is -0.171. The van der Waals surface area contributed by atoms with Crippen LogP contribution in [0.4, 0.5) is 0 Å². The molecule has 6 aromatic rings. The lowest BCUT2D eigenvalue weighted by Crippen LogP contribution is -2.54. The zero-order valence-electron chi connectivity index (χ0n) is 33.9. The number of hydrogen-bond acceptors (Lipinski definition) is 6. The van der Waals surface area contributed by atoms with Crippen molar-refractivity contribution in [1.82, 2.24) is 0 Å². The van der Waals surface area contributed by atoms with Crippen LogP contribution in [0.2, 0.25) is 0 Å². The zero-order valence-corrected chi connectivity index (χ0v) is 35.7. The molecule has 0 spiro atoms. The van der Waals surface area contributed by atoms with Crippen molar-refractivity contribution in [3.63, 3.8) is 0 Å². The third-order valence-corrected chi connectivity index (χ3v) is 17.6. The van der Waals surface area contributed by atoms with Crippen molar-refractivity contribution in [3.8, 4) is 0 Å². The van der Waals surface area contributed by atoms with Gasteiger partial charge in [0.15, 0.2) is 14.3 Å². The van der Waals surface area contributed by atoms with E-state index in [1.807, 2.05) is 173 Å². The van der Waals surface area contributed by atoms with Crippen molar-refractivity contribution in [3.05, 3.63) is 179 Å². The van der Waals surface area contributed by atoms with E-state index in [1.165, 1.54) is 0 Å². The van der Waals surface area contributed by atoms with Crippen molar-refractivity contribution in [2.24, 2.45) is 11.8 Å². The van der Waals surface area contributed by atoms with Crippen molar-refractivity contribution in [2.45, 2.75) is 53.4 Å². The third kappa shape index (κ3) is 7.34. The Morgan fingerprint density at radius 2 is 0.741 bits per heavy atom. The average molecular weight is 809 g/mol. The molecule has 1 aliphatic rings. The average Bonchev–Trinajstić information content (AvgIpc) is 3.20. The van der Waals surface area contributed by atoms with Gasteiger partial charge < -0.3 is 18.6 Å². The molecule has 8 heteroatoms. The Labute approximate surface area is 342 Å². The van der Waals surface area contributed by atoms with E-state index in [9.17, 15) is 9.59 Å². The molecule has 7 rings (SSSR count). The van der Waals surface area contributed by atoms with Crippen LogP contribution in [0.15, 0.2) is 146 Å². The molecule has 0 heterocycles. The molecule has 1 fully saturated rings. The molecule has 58 heavy (non-hydrogen) atoms. The second kappa shape index (κ2) is 16.9. The number of ether oxygens (including phenoxy) is 2. The number of esters is 2. The molecule has 0 radical (unpaired) electrons. The van der Waals surface area contributed by atoms with Crippen LogP contribution in [0, 0.1) is 39.5 Å². The SMILES string of the molecule is CCOC(=O)[C@H]1[C@H](C(=O)OCC)[C@H](c2ccccc2P(=O)(c2cccc(C)c2)c2cccc(C)c2)[C@H]1c1ccccc1P(=O)(c1cccc(C)c1)c1cccc(C)c1. The number of carbonyl (C=O) groups excluding carboxylic acids is 2. The summed E-state index contributed by atoms with van der Waals surface area (Å²) in [6.45, 7) is 11.6. The summed E-state index contributed by atoms with van der Waals surface area (Å²) in [4.78, 5) is 28.7. The predicted octanol–water partition coefficient (Wildman–Crippen LogP) is 8.44. The molecule has 0 saturated heterocycles. The maximum absolute atomic E-state index is 16.4. The zero-order chi connectivity index (χ0) is 41.2. The van der Waals surface area contributed by atoms with Gasteiger partial charge in [0, 0.05) is 43.7 Å². The Morgan fingerprint density at radius 1 is 0.448 bits per heavy atom. The van der Waals surface area contributed by atoms with Gasteiger partial charge in [-0.15, -0.1) is 0 Å². The van der Waals surface area contributed by atoms with Crippen LogP contribution in [0.3, 0.4) is 0 Å². The van der Waals surface area contributed by atoms with Crippen LogP contribution in [0.25, 0.3) is 0 Å². The summed E-state index contributed by atoms with van der Waals surface area (Å²) >= 11 is 0. The summed E-state index contributed by atoms with van der Waals surface area (Å²) in [5.74, 6) is -4.40. The van der Waals surface area contributed by atoms with E-state index >= 15 is 9.13 Å². The minimum atomic E-state index is -3.62. The summed E-state index contributed by atoms with van der Waals surface area (Å²) in [6, 6.07) is 46.3. The van der Waals surface area contributed by atoms with Gasteiger partial charge in [-0.3, -0.25) is 9.59 Å². The fourth-order valence-electron chi connectivity index (χ4n) is 8.85. The standard InChI is InChI=1S/C50H50O6P2/c1-7-55-49(51)47-45(41-25-9-11-27-43(41)57(53,37-21-13-17-33(3)29-37)38-22-14-18-34(4)30-38)46(48(47)50(52)56-8-2)42-26-10-12-28-44(42)58(54,39-23-15-19-35(5)31-39)40-24-16-20-36(6)32-40/h9-32,45-48H,7-8H2,1-6H3/t45-,46-,47-,48-/m1/s1. The fourth-order valence-corrected chi connectivity index (χ4v) is 15.0. The molecule has 0 aromatic heterocycles. The maximum Gasteiger partial charge on any atom is 0.310 e. The molecule has 1 aliphatic carbocycles. The van der Waals surface area contributed by atoms with Gasteiger partial charge in [-0.25, -0.2) is 0 Å². The highest BCUT2D eigenvalue weighted by Crippen LogP contribution is 2.61. The first-order valence-corrected chi connectivity index (χ1v) is 23.4. The molecule has 0 aliphatic heterocycles. The summed E-state index contributed by atoms with van der Waals surface area (Å²) < 4.78 is 44.2. The summed E-state index contributed by atoms with van der Waals surface area (Å²) in [5, 5.41) is 3.83. The van der Waals surface area contributed by atoms with E-state index in [-0.39, 0.29) is 13.2 Å². The van der Waals surface area contributed by atoms with E-state index < -0.39 is 49.9 Å². The van der Waals surface area contributed by atoms with Crippen LogP contribution in [0.5, 0.6) is 0 Å². The third-order valence-electron chi connectivity index (χ3n) is 11.4. The lowest BCUT2D eigenvalue weighted by Gasteiger charge is -2.51. The van der Waals surface area contributed by atoms with E-state index in [0.717, 1.165) is 22.3 Å². The molecule has 4 atom stereocenters. The van der Waals surface area contributed by atoms with Crippen molar-refractivity contribution >= 4 is 58.0 Å². The molecule has 0 unspecified atom stereocenters. The highest BCUT2D eigenvalue weighted by Gasteiger charge is 2.61. The quantitative estimate of drug-likeness (QED) is 0.0912. The topological polar surface area (TPSA) is 86.7 Å². The number of rotatable bonds is 12. The van der Waals surface area contributed by atoms with E-state index in [0.29, 0.717) is 43.0 Å². The molecule has 6 nitrogen and oxygen atoms in total. The van der Waals surface area contributed by atoms with Gasteiger partial charge >= 0.3 is 11.9 Å². The van der Waals surface area contributed by atoms with Gasteiger partial charge in [-0.1, -0.05) is 144 Å². The molecular formula is C50H50O6P2. The van der Waals surface area contributed by atoms with Crippen LogP contribution in [-0.4, -0.2) is 25.2 Å². The van der Waals surface area contributed by atoms with Crippen molar-refractivity contribution in [1.29, 1.82) is 0 Å². The van der Waals surface area contributed by atoms with Gasteiger partial charge in [-0.05, 0) is 76.9 Å². The molecule has 6 aromatic carbocycles. The number of hydrogen-bond donors (Lipinski definition) is 0. The summed E-state index contributed by atoms with van der Waals surface area (Å²) in [6.07, 6.45) is 0. The Bertz CT molecular complexity index is 2320. The van der Waals surface area contributed by atoms with Gasteiger partial charge in [0.25, 0.3) is 0 Å². The first-order valence-electron chi connectivity index (χ1n) is 19.9. The predicted molar refractivity (Wildman–Crippen MR) is 236 cm³/mol. The molecule has 0 amide bonds. The van der Waals surface area contributed by atoms with Crippen molar-refractivity contribution in [2.75, 3.05) is 13.2 Å². The van der Waals surface area contributed by atoms with Crippen molar-refractivity contribution < 1.29 is 28.2 Å². The van der Waals surface area contributed by atoms with E-state index in [2.05, 4.69) is 0 Å². The van der Waals surface area contributed by atoms with Gasteiger partial charge in [0.05, 0.1) is 25.0 Å². The maximum atomic E-state index is 16.4. The molecular weight excluding hydrogens is 758 g/mol. The second-order valence-corrected chi connectivity index (χ2v) is 20.8. The normalized spacial score (nSPS) is 17.9. The smallest absolute Gasteiger partial charge is 0.310 e. The van der Waals surface area contributed by atoms with Crippen LogP contribution < -0.4 is 31.8 Å².